The molecule has 2 saturated heterocycles. The summed E-state index contributed by atoms with van der Waals surface area (Å²) in [5.41, 5.74) is -0.263. The third-order valence-corrected chi connectivity index (χ3v) is 17.0. The number of Topliss-reactive ketones (excluding diaryl/α,β-unsaturated/α-hetero) is 1. The van der Waals surface area contributed by atoms with Crippen molar-refractivity contribution in [1.29, 1.82) is 0 Å². The van der Waals surface area contributed by atoms with Crippen molar-refractivity contribution in [3.63, 3.8) is 0 Å². The molecule has 3 aromatic rings. The maximum absolute atomic E-state index is 14.0. The van der Waals surface area contributed by atoms with Crippen LogP contribution >= 0.6 is 0 Å². The maximum atomic E-state index is 14.0. The van der Waals surface area contributed by atoms with Crippen molar-refractivity contribution in [2.45, 2.75) is 141 Å². The first kappa shape index (κ1) is 43.5. The van der Waals surface area contributed by atoms with E-state index in [0.29, 0.717) is 64.3 Å². The van der Waals surface area contributed by atoms with Gasteiger partial charge in [-0.1, -0.05) is 132 Å². The van der Waals surface area contributed by atoms with Crippen molar-refractivity contribution < 1.29 is 28.4 Å². The first-order valence-electron chi connectivity index (χ1n) is 20.8. The van der Waals surface area contributed by atoms with E-state index in [1.165, 1.54) is 0 Å². The highest BCUT2D eigenvalue weighted by molar-refractivity contribution is 6.99. The summed E-state index contributed by atoms with van der Waals surface area (Å²) in [5, 5.41) is 10.8. The van der Waals surface area contributed by atoms with Gasteiger partial charge in [-0.05, 0) is 79.8 Å². The second-order valence-electron chi connectivity index (χ2n) is 17.0. The van der Waals surface area contributed by atoms with Crippen LogP contribution in [-0.2, 0) is 34.8 Å². The summed E-state index contributed by atoms with van der Waals surface area (Å²) in [4.78, 5) is 70.9. The number of nitrogens with zero attached hydrogens (tertiary/aromatic N) is 1. The molecule has 306 valence electrons. The Morgan fingerprint density at radius 1 is 0.825 bits per heavy atom. The lowest BCUT2D eigenvalue weighted by Crippen LogP contribution is -2.68. The van der Waals surface area contributed by atoms with Crippen LogP contribution in [0.5, 0.6) is 0 Å². The van der Waals surface area contributed by atoms with Gasteiger partial charge in [0.15, 0.2) is 5.78 Å². The highest BCUT2D eigenvalue weighted by atomic mass is 28.4. The quantitative estimate of drug-likeness (QED) is 0.140. The Hall–Kier alpha value is -4.61. The van der Waals surface area contributed by atoms with Crippen LogP contribution in [0.1, 0.15) is 105 Å². The first-order valence-corrected chi connectivity index (χ1v) is 22.7. The number of carbonyl (C=O) groups excluding carboxylic acids is 5. The standard InChI is InChI=1S/C46H62N4O6Si/c1-7-46(6)44(55)48-38(31-30-34-21-12-8-13-22-34)43(54)50-32-20-28-39(50)42(53)47-37(41(52)49-46)27-18-11-19-29-40(51)33(2)56-57(45(3,4)5,35-23-14-9-15-24-35)36-25-16-10-17-26-36/h8-10,12-17,21-26,33,37-39H,7,11,18-20,27-32H2,1-6H3,(H,47,53)(H,48,55)(H,49,52)/t33-,37-,38-,39+,46-/m0/s1. The largest absolute Gasteiger partial charge is 0.398 e. The molecule has 0 bridgehead atoms. The Morgan fingerprint density at radius 3 is 2.00 bits per heavy atom. The van der Waals surface area contributed by atoms with Gasteiger partial charge in [0.2, 0.25) is 23.6 Å². The molecule has 5 atom stereocenters. The van der Waals surface area contributed by atoms with Crippen molar-refractivity contribution in [1.82, 2.24) is 20.9 Å². The molecule has 3 aromatic carbocycles. The van der Waals surface area contributed by atoms with E-state index in [0.717, 1.165) is 15.9 Å². The third-order valence-electron chi connectivity index (χ3n) is 11.9. The zero-order chi connectivity index (χ0) is 41.2. The molecular formula is C46H62N4O6Si. The van der Waals surface area contributed by atoms with E-state index in [2.05, 4.69) is 61.0 Å². The third kappa shape index (κ3) is 10.3. The molecule has 2 aliphatic heterocycles. The lowest BCUT2D eigenvalue weighted by Gasteiger charge is -2.44. The highest BCUT2D eigenvalue weighted by Gasteiger charge is 2.51. The van der Waals surface area contributed by atoms with Gasteiger partial charge in [-0.2, -0.15) is 0 Å². The molecule has 11 heteroatoms. The van der Waals surface area contributed by atoms with E-state index in [9.17, 15) is 24.0 Å². The van der Waals surface area contributed by atoms with Crippen LogP contribution in [0.25, 0.3) is 0 Å². The number of hydrogen-bond acceptors (Lipinski definition) is 6. The molecule has 0 radical (unpaired) electrons. The molecule has 0 aromatic heterocycles. The molecule has 2 aliphatic rings. The molecule has 0 spiro atoms. The van der Waals surface area contributed by atoms with Gasteiger partial charge in [-0.25, -0.2) is 0 Å². The first-order chi connectivity index (χ1) is 27.2. The van der Waals surface area contributed by atoms with Crippen molar-refractivity contribution in [3.8, 4) is 0 Å². The van der Waals surface area contributed by atoms with Crippen LogP contribution in [0.3, 0.4) is 0 Å². The molecule has 2 fully saturated rings. The Morgan fingerprint density at radius 2 is 1.42 bits per heavy atom. The number of benzene rings is 3. The summed E-state index contributed by atoms with van der Waals surface area (Å²) in [6, 6.07) is 27.8. The van der Waals surface area contributed by atoms with Gasteiger partial charge in [-0.15, -0.1) is 0 Å². The fraction of sp³-hybridized carbons (Fsp3) is 0.500. The second-order valence-corrected chi connectivity index (χ2v) is 21.2. The molecule has 2 heterocycles. The number of aryl methyl sites for hydroxylation is 1. The number of fused-ring (bicyclic) bond motifs is 1. The number of carbonyl (C=O) groups is 5. The van der Waals surface area contributed by atoms with Crippen molar-refractivity contribution in [2.75, 3.05) is 6.54 Å². The van der Waals surface area contributed by atoms with Crippen molar-refractivity contribution in [3.05, 3.63) is 96.6 Å². The number of hydrogen-bond donors (Lipinski definition) is 3. The van der Waals surface area contributed by atoms with Crippen LogP contribution in [0.2, 0.25) is 5.04 Å². The van der Waals surface area contributed by atoms with Gasteiger partial charge in [0.1, 0.15) is 29.8 Å². The summed E-state index contributed by atoms with van der Waals surface area (Å²) in [7, 11) is -2.90. The lowest BCUT2D eigenvalue weighted by molar-refractivity contribution is -0.145. The SMILES string of the molecule is CC[C@]1(C)NC(=O)[C@H](CCCCCC(=O)[C@H](C)O[Si](c2ccccc2)(c2ccccc2)C(C)(C)C)NC(=O)[C@H]2CCCN2C(=O)[C@H](CCc2ccccc2)NC1=O. The summed E-state index contributed by atoms with van der Waals surface area (Å²) in [5.74, 6) is -1.49. The number of ketones is 1. The monoisotopic (exact) mass is 794 g/mol. The molecule has 0 aliphatic carbocycles. The number of rotatable bonds is 15. The molecule has 0 saturated carbocycles. The minimum atomic E-state index is -2.90. The molecule has 4 amide bonds. The van der Waals surface area contributed by atoms with Gasteiger partial charge in [0, 0.05) is 13.0 Å². The van der Waals surface area contributed by atoms with Gasteiger partial charge < -0.3 is 25.3 Å². The summed E-state index contributed by atoms with van der Waals surface area (Å²) in [6.07, 6.45) is 4.18. The zero-order valence-electron chi connectivity index (χ0n) is 34.6. The minimum absolute atomic E-state index is 0.0258. The van der Waals surface area contributed by atoms with Gasteiger partial charge in [-0.3, -0.25) is 24.0 Å². The normalized spacial score (nSPS) is 22.7. The van der Waals surface area contributed by atoms with E-state index < -0.39 is 49.9 Å². The lowest BCUT2D eigenvalue weighted by atomic mass is 9.94. The fourth-order valence-corrected chi connectivity index (χ4v) is 13.0. The maximum Gasteiger partial charge on any atom is 0.262 e. The van der Waals surface area contributed by atoms with Gasteiger partial charge in [0.25, 0.3) is 8.32 Å². The zero-order valence-corrected chi connectivity index (χ0v) is 35.6. The Kier molecular flexibility index (Phi) is 14.7. The topological polar surface area (TPSA) is 134 Å². The average Bonchev–Trinajstić information content (AvgIpc) is 3.71. The molecule has 0 unspecified atom stereocenters. The smallest absolute Gasteiger partial charge is 0.262 e. The van der Waals surface area contributed by atoms with Crippen LogP contribution < -0.4 is 26.3 Å². The van der Waals surface area contributed by atoms with Crippen molar-refractivity contribution in [2.24, 2.45) is 0 Å². The van der Waals surface area contributed by atoms with Crippen LogP contribution in [-0.4, -0.2) is 78.9 Å². The van der Waals surface area contributed by atoms with E-state index in [1.54, 1.807) is 11.8 Å². The van der Waals surface area contributed by atoms with Crippen LogP contribution in [0.4, 0.5) is 0 Å². The molecule has 57 heavy (non-hydrogen) atoms. The molecular weight excluding hydrogens is 733 g/mol. The van der Waals surface area contributed by atoms with E-state index in [-0.39, 0.29) is 29.1 Å². The summed E-state index contributed by atoms with van der Waals surface area (Å²) < 4.78 is 7.03. The molecule has 3 N–H and O–H groups in total. The molecule has 5 rings (SSSR count). The number of nitrogens with one attached hydrogen (secondary N) is 3. The fourth-order valence-electron chi connectivity index (χ4n) is 8.29. The number of amides is 4. The summed E-state index contributed by atoms with van der Waals surface area (Å²) >= 11 is 0. The Labute approximate surface area is 340 Å². The predicted molar refractivity (Wildman–Crippen MR) is 226 cm³/mol. The Balaban J connectivity index is 1.24. The Bertz CT molecular complexity index is 1800. The minimum Gasteiger partial charge on any atom is -0.398 e. The predicted octanol–water partition coefficient (Wildman–Crippen LogP) is 5.36. The van der Waals surface area contributed by atoms with Gasteiger partial charge in [0.05, 0.1) is 0 Å². The van der Waals surface area contributed by atoms with Crippen molar-refractivity contribution >= 4 is 48.1 Å². The van der Waals surface area contributed by atoms with E-state index >= 15 is 0 Å². The van der Waals surface area contributed by atoms with Crippen LogP contribution in [0.15, 0.2) is 91.0 Å². The highest BCUT2D eigenvalue weighted by Crippen LogP contribution is 2.37. The van der Waals surface area contributed by atoms with E-state index in [1.807, 2.05) is 80.6 Å². The second kappa shape index (κ2) is 19.2. The van der Waals surface area contributed by atoms with Crippen LogP contribution in [0, 0.1) is 0 Å². The van der Waals surface area contributed by atoms with Gasteiger partial charge >= 0.3 is 0 Å². The summed E-state index contributed by atoms with van der Waals surface area (Å²) in [6.45, 7) is 12.3. The molecule has 10 nitrogen and oxygen atoms in total. The number of unbranched alkanes of at least 4 members (excludes halogenated alkanes) is 2. The van der Waals surface area contributed by atoms with E-state index in [4.69, 9.17) is 4.43 Å². The average molecular weight is 795 g/mol.